The lowest BCUT2D eigenvalue weighted by Gasteiger charge is -2.23. The molecule has 2 heterocycles. The molecule has 1 aliphatic heterocycles. The number of benzene rings is 1. The second-order valence-corrected chi connectivity index (χ2v) is 5.96. The average Bonchev–Trinajstić information content (AvgIpc) is 2.55. The first-order valence-corrected chi connectivity index (χ1v) is 8.00. The van der Waals surface area contributed by atoms with Crippen molar-refractivity contribution in [3.05, 3.63) is 62.6 Å². The molecule has 1 saturated heterocycles. The Labute approximate surface area is 138 Å². The first kappa shape index (κ1) is 16.4. The van der Waals surface area contributed by atoms with Gasteiger partial charge in [-0.3, -0.25) is 14.3 Å². The van der Waals surface area contributed by atoms with Crippen molar-refractivity contribution < 1.29 is 9.13 Å². The molecule has 2 aromatic rings. The topological polar surface area (TPSA) is 76.1 Å². The number of aromatic nitrogens is 2. The first-order chi connectivity index (χ1) is 11.5. The Balaban J connectivity index is 1.82. The molecule has 0 radical (unpaired) electrons. The van der Waals surface area contributed by atoms with Gasteiger partial charge in [0.05, 0.1) is 0 Å². The number of nitrogens with zero attached hydrogens (tertiary/aromatic N) is 1. The van der Waals surface area contributed by atoms with Gasteiger partial charge in [0.2, 0.25) is 0 Å². The van der Waals surface area contributed by atoms with Crippen LogP contribution in [0.25, 0.3) is 0 Å². The SMILES string of the molecule is CC(Nc1cc(=O)n(C2CCOCC2)c(=O)[nH]1)c1cccc(F)c1. The van der Waals surface area contributed by atoms with Crippen molar-refractivity contribution in [3.8, 4) is 0 Å². The van der Waals surface area contributed by atoms with Crippen LogP contribution in [0.4, 0.5) is 10.2 Å². The number of hydrogen-bond acceptors (Lipinski definition) is 4. The molecule has 0 spiro atoms. The minimum Gasteiger partial charge on any atom is -0.381 e. The van der Waals surface area contributed by atoms with Gasteiger partial charge >= 0.3 is 5.69 Å². The predicted molar refractivity (Wildman–Crippen MR) is 88.9 cm³/mol. The molecule has 1 fully saturated rings. The Morgan fingerprint density at radius 2 is 2.04 bits per heavy atom. The van der Waals surface area contributed by atoms with Crippen molar-refractivity contribution >= 4 is 5.82 Å². The summed E-state index contributed by atoms with van der Waals surface area (Å²) >= 11 is 0. The average molecular weight is 333 g/mol. The summed E-state index contributed by atoms with van der Waals surface area (Å²) in [6.07, 6.45) is 1.30. The molecule has 0 amide bonds. The van der Waals surface area contributed by atoms with Crippen LogP contribution in [0.3, 0.4) is 0 Å². The second-order valence-electron chi connectivity index (χ2n) is 5.96. The van der Waals surface area contributed by atoms with E-state index in [1.54, 1.807) is 12.1 Å². The van der Waals surface area contributed by atoms with Gasteiger partial charge in [0.15, 0.2) is 0 Å². The van der Waals surface area contributed by atoms with Crippen LogP contribution in [0.2, 0.25) is 0 Å². The van der Waals surface area contributed by atoms with E-state index in [-0.39, 0.29) is 23.5 Å². The standard InChI is InChI=1S/C17H20FN3O3/c1-11(12-3-2-4-13(18)9-12)19-15-10-16(22)21(17(23)20-15)14-5-7-24-8-6-14/h2-4,9-11,14,19H,5-8H2,1H3,(H,20,23). The molecule has 7 heteroatoms. The normalized spacial score (nSPS) is 16.8. The lowest BCUT2D eigenvalue weighted by molar-refractivity contribution is 0.0674. The summed E-state index contributed by atoms with van der Waals surface area (Å²) in [5.74, 6) is -0.00495. The Morgan fingerprint density at radius 3 is 2.71 bits per heavy atom. The maximum Gasteiger partial charge on any atom is 0.330 e. The monoisotopic (exact) mass is 333 g/mol. The van der Waals surface area contributed by atoms with Gasteiger partial charge < -0.3 is 10.1 Å². The molecule has 1 atom stereocenters. The Morgan fingerprint density at radius 1 is 1.29 bits per heavy atom. The number of rotatable bonds is 4. The maximum atomic E-state index is 13.3. The van der Waals surface area contributed by atoms with Crippen LogP contribution >= 0.6 is 0 Å². The van der Waals surface area contributed by atoms with Crippen molar-refractivity contribution in [3.63, 3.8) is 0 Å². The van der Waals surface area contributed by atoms with Gasteiger partial charge in [-0.1, -0.05) is 12.1 Å². The van der Waals surface area contributed by atoms with E-state index >= 15 is 0 Å². The summed E-state index contributed by atoms with van der Waals surface area (Å²) in [6.45, 7) is 2.93. The second kappa shape index (κ2) is 7.00. The molecule has 6 nitrogen and oxygen atoms in total. The molecular weight excluding hydrogens is 313 g/mol. The van der Waals surface area contributed by atoms with Crippen LogP contribution < -0.4 is 16.6 Å². The Hall–Kier alpha value is -2.41. The molecule has 0 aliphatic carbocycles. The van der Waals surface area contributed by atoms with Crippen molar-refractivity contribution in [1.29, 1.82) is 0 Å². The van der Waals surface area contributed by atoms with Gasteiger partial charge in [-0.25, -0.2) is 9.18 Å². The quantitative estimate of drug-likeness (QED) is 0.899. The van der Waals surface area contributed by atoms with Gasteiger partial charge in [0, 0.05) is 31.4 Å². The molecule has 1 unspecified atom stereocenters. The highest BCUT2D eigenvalue weighted by atomic mass is 19.1. The summed E-state index contributed by atoms with van der Waals surface area (Å²) < 4.78 is 19.8. The highest BCUT2D eigenvalue weighted by molar-refractivity contribution is 5.36. The van der Waals surface area contributed by atoms with E-state index in [0.29, 0.717) is 31.9 Å². The minimum absolute atomic E-state index is 0.135. The van der Waals surface area contributed by atoms with Gasteiger partial charge in [-0.15, -0.1) is 0 Å². The smallest absolute Gasteiger partial charge is 0.330 e. The van der Waals surface area contributed by atoms with Crippen molar-refractivity contribution in [2.75, 3.05) is 18.5 Å². The maximum absolute atomic E-state index is 13.3. The Kier molecular flexibility index (Phi) is 4.80. The molecule has 128 valence electrons. The van der Waals surface area contributed by atoms with Crippen molar-refractivity contribution in [2.45, 2.75) is 31.8 Å². The van der Waals surface area contributed by atoms with E-state index in [2.05, 4.69) is 10.3 Å². The number of aromatic amines is 1. The highest BCUT2D eigenvalue weighted by Crippen LogP contribution is 2.19. The van der Waals surface area contributed by atoms with Crippen LogP contribution in [-0.2, 0) is 4.74 Å². The van der Waals surface area contributed by atoms with Crippen LogP contribution in [-0.4, -0.2) is 22.8 Å². The molecule has 0 bridgehead atoms. The zero-order valence-electron chi connectivity index (χ0n) is 13.4. The predicted octanol–water partition coefficient (Wildman–Crippen LogP) is 2.20. The van der Waals surface area contributed by atoms with Crippen molar-refractivity contribution in [1.82, 2.24) is 9.55 Å². The van der Waals surface area contributed by atoms with Gasteiger partial charge in [0.1, 0.15) is 11.6 Å². The number of halogens is 1. The number of ether oxygens (including phenoxy) is 1. The highest BCUT2D eigenvalue weighted by Gasteiger charge is 2.19. The first-order valence-electron chi connectivity index (χ1n) is 8.00. The fraction of sp³-hybridized carbons (Fsp3) is 0.412. The van der Waals surface area contributed by atoms with Crippen LogP contribution in [0.1, 0.15) is 37.4 Å². The van der Waals surface area contributed by atoms with E-state index in [0.717, 1.165) is 5.56 Å². The lowest BCUT2D eigenvalue weighted by atomic mass is 10.1. The Bertz CT molecular complexity index is 793. The zero-order valence-corrected chi connectivity index (χ0v) is 13.4. The van der Waals surface area contributed by atoms with Crippen LogP contribution in [0.5, 0.6) is 0 Å². The van der Waals surface area contributed by atoms with Crippen LogP contribution in [0.15, 0.2) is 39.9 Å². The number of hydrogen-bond donors (Lipinski definition) is 2. The summed E-state index contributed by atoms with van der Waals surface area (Å²) in [5.41, 5.74) is -0.0626. The van der Waals surface area contributed by atoms with Gasteiger partial charge in [-0.05, 0) is 37.5 Å². The molecule has 1 aliphatic rings. The zero-order chi connectivity index (χ0) is 17.1. The largest absolute Gasteiger partial charge is 0.381 e. The van der Waals surface area contributed by atoms with Gasteiger partial charge in [-0.2, -0.15) is 0 Å². The van der Waals surface area contributed by atoms with Gasteiger partial charge in [0.25, 0.3) is 5.56 Å². The van der Waals surface area contributed by atoms with E-state index in [1.807, 2.05) is 6.92 Å². The molecule has 3 rings (SSSR count). The number of nitrogens with one attached hydrogen (secondary N) is 2. The molecule has 24 heavy (non-hydrogen) atoms. The molecule has 1 aromatic carbocycles. The summed E-state index contributed by atoms with van der Waals surface area (Å²) in [4.78, 5) is 27.3. The third-order valence-corrected chi connectivity index (χ3v) is 4.24. The lowest BCUT2D eigenvalue weighted by Crippen LogP contribution is -2.40. The fourth-order valence-electron chi connectivity index (χ4n) is 2.96. The van der Waals surface area contributed by atoms with Crippen molar-refractivity contribution in [2.24, 2.45) is 0 Å². The molecule has 0 saturated carbocycles. The number of H-pyrrole nitrogens is 1. The summed E-state index contributed by atoms with van der Waals surface area (Å²) in [6, 6.07) is 7.16. The minimum atomic E-state index is -0.441. The summed E-state index contributed by atoms with van der Waals surface area (Å²) in [5, 5.41) is 3.04. The molecule has 2 N–H and O–H groups in total. The molecular formula is C17H20FN3O3. The summed E-state index contributed by atoms with van der Waals surface area (Å²) in [7, 11) is 0. The van der Waals surface area contributed by atoms with E-state index in [4.69, 9.17) is 4.74 Å². The van der Waals surface area contributed by atoms with E-state index < -0.39 is 5.69 Å². The van der Waals surface area contributed by atoms with E-state index in [9.17, 15) is 14.0 Å². The molecule has 1 aromatic heterocycles. The fourth-order valence-corrected chi connectivity index (χ4v) is 2.96. The van der Waals surface area contributed by atoms with E-state index in [1.165, 1.54) is 22.8 Å². The van der Waals surface area contributed by atoms with Crippen LogP contribution in [0, 0.1) is 5.82 Å². The third kappa shape index (κ3) is 3.56. The number of anilines is 1. The third-order valence-electron chi connectivity index (χ3n) is 4.24.